The highest BCUT2D eigenvalue weighted by Gasteiger charge is 2.32. The molecule has 0 aliphatic rings. The van der Waals surface area contributed by atoms with Gasteiger partial charge < -0.3 is 10.1 Å². The molecule has 6 aromatic rings. The van der Waals surface area contributed by atoms with Crippen LogP contribution >= 0.6 is 45.9 Å². The number of hydrogen-bond acceptors (Lipinski definition) is 10. The first-order valence-corrected chi connectivity index (χ1v) is 20.0. The predicted octanol–water partition coefficient (Wildman–Crippen LogP) is 9.36. The molecule has 0 saturated heterocycles. The smallest absolute Gasteiger partial charge is 0.316 e. The number of ether oxygens (including phenoxy) is 1. The third kappa shape index (κ3) is 10.1. The molecule has 2 aromatic heterocycles. The van der Waals surface area contributed by atoms with Crippen LogP contribution in [0.15, 0.2) is 114 Å². The second kappa shape index (κ2) is 18.5. The van der Waals surface area contributed by atoms with Gasteiger partial charge in [-0.15, -0.1) is 22.7 Å². The van der Waals surface area contributed by atoms with E-state index in [1.165, 1.54) is 32.5 Å². The number of likely N-dealkylation sites (N-methyl/N-ethyl adjacent to an activating group) is 1. The van der Waals surface area contributed by atoms with E-state index in [4.69, 9.17) is 27.9 Å². The van der Waals surface area contributed by atoms with Gasteiger partial charge in [0.1, 0.15) is 6.04 Å². The molecule has 4 aromatic carbocycles. The number of amides is 2. The number of rotatable bonds is 14. The van der Waals surface area contributed by atoms with Crippen LogP contribution in [-0.2, 0) is 30.3 Å². The Balaban J connectivity index is 1.17. The third-order valence-corrected chi connectivity index (χ3v) is 11.4. The Labute approximate surface area is 342 Å². The van der Waals surface area contributed by atoms with E-state index in [1.807, 2.05) is 79.0 Å². The normalized spacial score (nSPS) is 12.0. The molecule has 1 N–H and O–H groups in total. The van der Waals surface area contributed by atoms with E-state index >= 15 is 0 Å². The number of benzene rings is 4. The molecule has 6 rings (SSSR count). The fraction of sp³-hybridized carbons (Fsp3) is 0.190. The van der Waals surface area contributed by atoms with Crippen LogP contribution in [0.3, 0.4) is 0 Å². The van der Waals surface area contributed by atoms with Gasteiger partial charge in [-0.1, -0.05) is 108 Å². The predicted molar refractivity (Wildman–Crippen MR) is 224 cm³/mol. The van der Waals surface area contributed by atoms with Gasteiger partial charge in [-0.05, 0) is 43.2 Å². The fourth-order valence-electron chi connectivity index (χ4n) is 5.89. The maximum Gasteiger partial charge on any atom is 0.316 e. The lowest BCUT2D eigenvalue weighted by atomic mass is 9.94. The summed E-state index contributed by atoms with van der Waals surface area (Å²) in [5.41, 5.74) is 5.13. The number of anilines is 3. The van der Waals surface area contributed by atoms with Gasteiger partial charge in [-0.3, -0.25) is 29.0 Å². The maximum absolute atomic E-state index is 14.0. The molecule has 2 atom stereocenters. The van der Waals surface area contributed by atoms with Crippen LogP contribution in [0, 0.1) is 12.8 Å². The van der Waals surface area contributed by atoms with E-state index in [0.717, 1.165) is 22.3 Å². The Morgan fingerprint density at radius 3 is 1.73 bits per heavy atom. The number of aryl methyl sites for hydroxylation is 1. The van der Waals surface area contributed by atoms with Crippen molar-refractivity contribution in [3.8, 4) is 22.5 Å². The van der Waals surface area contributed by atoms with Crippen LogP contribution in [0.1, 0.15) is 24.0 Å². The summed E-state index contributed by atoms with van der Waals surface area (Å²) in [5.74, 6) is -3.57. The van der Waals surface area contributed by atoms with E-state index in [0.29, 0.717) is 37.4 Å². The lowest BCUT2D eigenvalue weighted by molar-refractivity contribution is -0.161. The monoisotopic (exact) mass is 825 g/mol. The van der Waals surface area contributed by atoms with Crippen LogP contribution in [0.5, 0.6) is 0 Å². The molecule has 14 heteroatoms. The number of esters is 2. The summed E-state index contributed by atoms with van der Waals surface area (Å²) in [6.45, 7) is 1.96. The molecule has 2 heterocycles. The molecule has 56 heavy (non-hydrogen) atoms. The molecular formula is C42H37Cl2N5O5S2. The lowest BCUT2D eigenvalue weighted by Gasteiger charge is -2.24. The first-order chi connectivity index (χ1) is 27.0. The van der Waals surface area contributed by atoms with Crippen molar-refractivity contribution < 1.29 is 23.9 Å². The molecule has 0 aliphatic heterocycles. The summed E-state index contributed by atoms with van der Waals surface area (Å²) in [6, 6.07) is 30.0. The number of para-hydroxylation sites is 1. The minimum Gasteiger partial charge on any atom is -0.393 e. The Morgan fingerprint density at radius 1 is 0.679 bits per heavy atom. The maximum atomic E-state index is 14.0. The zero-order valence-electron chi connectivity index (χ0n) is 30.6. The molecule has 0 spiro atoms. The van der Waals surface area contributed by atoms with Gasteiger partial charge >= 0.3 is 11.9 Å². The molecule has 0 bridgehead atoms. The summed E-state index contributed by atoms with van der Waals surface area (Å²) in [5, 5.41) is 8.57. The fourth-order valence-corrected chi connectivity index (χ4v) is 7.94. The standard InChI is InChI=1S/C42H37Cl2N5O5S2/c1-26-17-19-27(20-18-26)21-28(39(52)48(2)41-46-35(24-55-41)30-13-7-9-15-32(30)43)22-37(50)54-38(51)23-34(45-29-11-5-4-6-12-29)40(53)49(3)42-47-36(25-56-42)31-14-8-10-16-33(31)44/h4-20,24-25,28,34,45H,21-23H2,1-3H3/t28?,34-/m1/s1. The van der Waals surface area contributed by atoms with E-state index < -0.39 is 36.2 Å². The Morgan fingerprint density at radius 2 is 1.18 bits per heavy atom. The van der Waals surface area contributed by atoms with Gasteiger partial charge in [0, 0.05) is 51.7 Å². The number of nitrogens with zero attached hydrogens (tertiary/aromatic N) is 4. The number of halogens is 2. The summed E-state index contributed by atoms with van der Waals surface area (Å²) in [4.78, 5) is 66.9. The number of carbonyl (C=O) groups excluding carboxylic acids is 4. The minimum absolute atomic E-state index is 0.209. The van der Waals surface area contributed by atoms with E-state index in [9.17, 15) is 19.2 Å². The number of nitrogens with one attached hydrogen (secondary N) is 1. The third-order valence-electron chi connectivity index (χ3n) is 8.90. The van der Waals surface area contributed by atoms with Crippen LogP contribution < -0.4 is 15.1 Å². The molecule has 286 valence electrons. The van der Waals surface area contributed by atoms with E-state index in [1.54, 1.807) is 55.9 Å². The van der Waals surface area contributed by atoms with Crippen molar-refractivity contribution in [2.45, 2.75) is 32.2 Å². The van der Waals surface area contributed by atoms with E-state index in [-0.39, 0.29) is 18.7 Å². The highest BCUT2D eigenvalue weighted by atomic mass is 35.5. The first-order valence-electron chi connectivity index (χ1n) is 17.5. The van der Waals surface area contributed by atoms with Crippen molar-refractivity contribution in [2.75, 3.05) is 29.2 Å². The van der Waals surface area contributed by atoms with E-state index in [2.05, 4.69) is 15.3 Å². The van der Waals surface area contributed by atoms with Gasteiger partial charge in [0.05, 0.1) is 30.1 Å². The Hall–Kier alpha value is -5.40. The minimum atomic E-state index is -1.12. The largest absolute Gasteiger partial charge is 0.393 e. The Bertz CT molecular complexity index is 2330. The van der Waals surface area contributed by atoms with Gasteiger partial charge in [-0.25, -0.2) is 9.97 Å². The zero-order valence-corrected chi connectivity index (χ0v) is 33.8. The molecule has 0 aliphatic carbocycles. The molecule has 0 saturated carbocycles. The van der Waals surface area contributed by atoms with Crippen molar-refractivity contribution >= 4 is 85.6 Å². The quantitative estimate of drug-likeness (QED) is 0.0852. The highest BCUT2D eigenvalue weighted by Crippen LogP contribution is 2.34. The average molecular weight is 827 g/mol. The zero-order chi connectivity index (χ0) is 39.8. The molecule has 1 unspecified atom stereocenters. The summed E-state index contributed by atoms with van der Waals surface area (Å²) in [6.07, 6.45) is -0.659. The Kier molecular flexibility index (Phi) is 13.3. The second-order valence-corrected chi connectivity index (χ2v) is 15.5. The van der Waals surface area contributed by atoms with Gasteiger partial charge in [0.2, 0.25) is 5.91 Å². The molecule has 0 radical (unpaired) electrons. The van der Waals surface area contributed by atoms with Gasteiger partial charge in [0.25, 0.3) is 5.91 Å². The summed E-state index contributed by atoms with van der Waals surface area (Å²) >= 11 is 15.3. The lowest BCUT2D eigenvalue weighted by Crippen LogP contribution is -2.43. The van der Waals surface area contributed by atoms with Crippen molar-refractivity contribution in [2.24, 2.45) is 5.92 Å². The molecule has 10 nitrogen and oxygen atoms in total. The summed E-state index contributed by atoms with van der Waals surface area (Å²) in [7, 11) is 3.16. The molecule has 2 amide bonds. The number of hydrogen-bond donors (Lipinski definition) is 1. The van der Waals surface area contributed by atoms with Crippen LogP contribution in [0.25, 0.3) is 22.5 Å². The van der Waals surface area contributed by atoms with Crippen molar-refractivity contribution in [1.29, 1.82) is 0 Å². The molecular weight excluding hydrogens is 790 g/mol. The topological polar surface area (TPSA) is 122 Å². The van der Waals surface area contributed by atoms with Crippen molar-refractivity contribution in [1.82, 2.24) is 9.97 Å². The first kappa shape index (κ1) is 40.3. The molecule has 0 fully saturated rings. The second-order valence-electron chi connectivity index (χ2n) is 13.0. The number of thiazole rings is 2. The van der Waals surface area contributed by atoms with Gasteiger partial charge in [-0.2, -0.15) is 0 Å². The van der Waals surface area contributed by atoms with Crippen LogP contribution in [-0.4, -0.2) is 53.9 Å². The number of aromatic nitrogens is 2. The average Bonchev–Trinajstić information content (AvgIpc) is 3.89. The highest BCUT2D eigenvalue weighted by molar-refractivity contribution is 7.14. The summed E-state index contributed by atoms with van der Waals surface area (Å²) < 4.78 is 5.31. The van der Waals surface area contributed by atoms with Crippen molar-refractivity contribution in [3.63, 3.8) is 0 Å². The van der Waals surface area contributed by atoms with Crippen molar-refractivity contribution in [3.05, 3.63) is 135 Å². The van der Waals surface area contributed by atoms with Gasteiger partial charge in [0.15, 0.2) is 10.3 Å². The number of carbonyl (C=O) groups is 4. The SMILES string of the molecule is Cc1ccc(CC(CC(=O)OC(=O)C[C@@H](Nc2ccccc2)C(=O)N(C)c2nc(-c3ccccc3Cl)cs2)C(=O)N(C)c2nc(-c3ccccc3Cl)cs2)cc1. The van der Waals surface area contributed by atoms with Crippen LogP contribution in [0.4, 0.5) is 16.0 Å². The van der Waals surface area contributed by atoms with Crippen LogP contribution in [0.2, 0.25) is 10.0 Å².